The van der Waals surface area contributed by atoms with Crippen LogP contribution in [0.1, 0.15) is 57.8 Å². The predicted octanol–water partition coefficient (Wildman–Crippen LogP) is 2.65. The van der Waals surface area contributed by atoms with E-state index < -0.39 is 0 Å². The van der Waals surface area contributed by atoms with Crippen LogP contribution in [0.25, 0.3) is 0 Å². The highest BCUT2D eigenvalue weighted by Crippen LogP contribution is 2.66. The molecule has 0 spiro atoms. The molecule has 3 aliphatic carbocycles. The first kappa shape index (κ1) is 9.56. The Morgan fingerprint density at radius 3 is 1.47 bits per heavy atom. The highest BCUT2D eigenvalue weighted by Gasteiger charge is 2.62. The van der Waals surface area contributed by atoms with E-state index in [0.29, 0.717) is 37.2 Å². The molecule has 2 nitrogen and oxygen atoms in total. The van der Waals surface area contributed by atoms with Gasteiger partial charge in [-0.3, -0.25) is 9.59 Å². The van der Waals surface area contributed by atoms with Crippen LogP contribution in [-0.2, 0) is 9.59 Å². The first-order valence-corrected chi connectivity index (χ1v) is 6.19. The van der Waals surface area contributed by atoms with E-state index >= 15 is 0 Å². The summed E-state index contributed by atoms with van der Waals surface area (Å²) in [6.45, 7) is 0. The number of carbonyl (C=O) groups is 2. The molecule has 0 unspecified atom stereocenters. The van der Waals surface area contributed by atoms with Gasteiger partial charge in [0, 0.05) is 25.7 Å². The van der Waals surface area contributed by atoms with Crippen molar-refractivity contribution >= 4 is 11.6 Å². The van der Waals surface area contributed by atoms with E-state index in [0.717, 1.165) is 12.8 Å². The zero-order chi connectivity index (χ0) is 10.5. The van der Waals surface area contributed by atoms with E-state index in [4.69, 9.17) is 0 Å². The van der Waals surface area contributed by atoms with E-state index in [1.165, 1.54) is 19.3 Å². The molecule has 0 radical (unpaired) electrons. The van der Waals surface area contributed by atoms with Crippen LogP contribution in [0.2, 0.25) is 0 Å². The zero-order valence-corrected chi connectivity index (χ0v) is 9.18. The van der Waals surface area contributed by atoms with Crippen molar-refractivity contribution in [1.29, 1.82) is 0 Å². The normalized spacial score (nSPS) is 45.1. The van der Waals surface area contributed by atoms with Crippen molar-refractivity contribution in [1.82, 2.24) is 0 Å². The quantitative estimate of drug-likeness (QED) is 0.610. The monoisotopic (exact) mass is 206 g/mol. The molecular formula is C13H18O2. The summed E-state index contributed by atoms with van der Waals surface area (Å²) in [5, 5.41) is 0. The summed E-state index contributed by atoms with van der Waals surface area (Å²) >= 11 is 0. The van der Waals surface area contributed by atoms with Crippen LogP contribution < -0.4 is 0 Å². The average Bonchev–Trinajstić information content (AvgIpc) is 2.45. The van der Waals surface area contributed by atoms with Crippen LogP contribution in [0.4, 0.5) is 0 Å². The summed E-state index contributed by atoms with van der Waals surface area (Å²) in [7, 11) is 0. The second kappa shape index (κ2) is 2.93. The van der Waals surface area contributed by atoms with Crippen molar-refractivity contribution < 1.29 is 9.59 Å². The Morgan fingerprint density at radius 2 is 1.07 bits per heavy atom. The molecule has 0 aromatic heterocycles. The molecule has 82 valence electrons. The van der Waals surface area contributed by atoms with Gasteiger partial charge in [0.15, 0.2) is 0 Å². The number of hydrogen-bond donors (Lipinski definition) is 0. The molecule has 3 fully saturated rings. The lowest BCUT2D eigenvalue weighted by atomic mass is 9.65. The van der Waals surface area contributed by atoms with Crippen molar-refractivity contribution in [3.05, 3.63) is 0 Å². The van der Waals surface area contributed by atoms with Gasteiger partial charge in [-0.15, -0.1) is 0 Å². The van der Waals surface area contributed by atoms with Crippen LogP contribution in [0.3, 0.4) is 0 Å². The van der Waals surface area contributed by atoms with Crippen molar-refractivity contribution in [2.24, 2.45) is 10.8 Å². The van der Waals surface area contributed by atoms with Gasteiger partial charge in [-0.05, 0) is 23.7 Å². The molecule has 0 aromatic rings. The smallest absolute Gasteiger partial charge is 0.134 e. The highest BCUT2D eigenvalue weighted by molar-refractivity contribution is 5.91. The third kappa shape index (κ3) is 1.17. The summed E-state index contributed by atoms with van der Waals surface area (Å²) < 4.78 is 0. The van der Waals surface area contributed by atoms with E-state index in [1.807, 2.05) is 0 Å². The molecule has 3 aliphatic rings. The molecular weight excluding hydrogens is 188 g/mol. The van der Waals surface area contributed by atoms with Crippen molar-refractivity contribution in [3.8, 4) is 0 Å². The Kier molecular flexibility index (Phi) is 1.87. The molecule has 0 aliphatic heterocycles. The maximum atomic E-state index is 11.7. The minimum atomic E-state index is 0.109. The van der Waals surface area contributed by atoms with Crippen molar-refractivity contribution in [2.45, 2.75) is 57.8 Å². The minimum Gasteiger partial charge on any atom is -0.300 e. The highest BCUT2D eigenvalue weighted by atomic mass is 16.1. The van der Waals surface area contributed by atoms with Crippen molar-refractivity contribution in [3.63, 3.8) is 0 Å². The average molecular weight is 206 g/mol. The molecule has 2 heteroatoms. The Labute approximate surface area is 90.4 Å². The van der Waals surface area contributed by atoms with Crippen LogP contribution in [0.5, 0.6) is 0 Å². The molecule has 0 heterocycles. The lowest BCUT2D eigenvalue weighted by Crippen LogP contribution is -2.30. The van der Waals surface area contributed by atoms with Crippen LogP contribution in [0.15, 0.2) is 0 Å². The van der Waals surface area contributed by atoms with Gasteiger partial charge < -0.3 is 0 Å². The van der Waals surface area contributed by atoms with Gasteiger partial charge in [-0.1, -0.05) is 19.3 Å². The molecule has 0 atom stereocenters. The molecule has 15 heavy (non-hydrogen) atoms. The maximum absolute atomic E-state index is 11.7. The van der Waals surface area contributed by atoms with E-state index in [2.05, 4.69) is 0 Å². The van der Waals surface area contributed by atoms with E-state index in [9.17, 15) is 9.59 Å². The minimum absolute atomic E-state index is 0.109. The molecule has 0 amide bonds. The molecule has 0 bridgehead atoms. The number of hydrogen-bond acceptors (Lipinski definition) is 2. The predicted molar refractivity (Wildman–Crippen MR) is 56.4 cm³/mol. The first-order chi connectivity index (χ1) is 7.16. The van der Waals surface area contributed by atoms with Crippen LogP contribution in [-0.4, -0.2) is 11.6 Å². The largest absolute Gasteiger partial charge is 0.300 e. The van der Waals surface area contributed by atoms with Gasteiger partial charge in [-0.2, -0.15) is 0 Å². The number of ketones is 2. The number of rotatable bonds is 0. The van der Waals surface area contributed by atoms with Gasteiger partial charge >= 0.3 is 0 Å². The van der Waals surface area contributed by atoms with E-state index in [-0.39, 0.29) is 10.8 Å². The van der Waals surface area contributed by atoms with Gasteiger partial charge in [0.2, 0.25) is 0 Å². The summed E-state index contributed by atoms with van der Waals surface area (Å²) in [6, 6.07) is 0. The van der Waals surface area contributed by atoms with Gasteiger partial charge in [0.1, 0.15) is 11.6 Å². The van der Waals surface area contributed by atoms with Gasteiger partial charge in [0.05, 0.1) is 0 Å². The Hall–Kier alpha value is -0.660. The Bertz CT molecular complexity index is 281. The molecule has 0 N–H and O–H groups in total. The fraction of sp³-hybridized carbons (Fsp3) is 0.846. The summed E-state index contributed by atoms with van der Waals surface area (Å²) in [4.78, 5) is 23.4. The van der Waals surface area contributed by atoms with Gasteiger partial charge in [-0.25, -0.2) is 0 Å². The molecule has 0 saturated heterocycles. The lowest BCUT2D eigenvalue weighted by molar-refractivity contribution is -0.120. The number of carbonyl (C=O) groups excluding carboxylic acids is 2. The molecule has 3 saturated carbocycles. The zero-order valence-electron chi connectivity index (χ0n) is 9.18. The topological polar surface area (TPSA) is 34.1 Å². The summed E-state index contributed by atoms with van der Waals surface area (Å²) in [6.07, 6.45) is 8.83. The Morgan fingerprint density at radius 1 is 0.667 bits per heavy atom. The van der Waals surface area contributed by atoms with Crippen molar-refractivity contribution in [2.75, 3.05) is 0 Å². The van der Waals surface area contributed by atoms with E-state index in [1.54, 1.807) is 0 Å². The lowest BCUT2D eigenvalue weighted by Gasteiger charge is -2.37. The maximum Gasteiger partial charge on any atom is 0.134 e. The fourth-order valence-electron chi connectivity index (χ4n) is 4.50. The third-order valence-corrected chi connectivity index (χ3v) is 5.08. The third-order valence-electron chi connectivity index (χ3n) is 5.08. The van der Waals surface area contributed by atoms with Crippen LogP contribution in [0, 0.1) is 10.8 Å². The summed E-state index contributed by atoms with van der Waals surface area (Å²) in [5.41, 5.74) is 0.218. The fourth-order valence-corrected chi connectivity index (χ4v) is 4.50. The van der Waals surface area contributed by atoms with Crippen LogP contribution >= 0.6 is 0 Å². The Balaban J connectivity index is 2.04. The number of Topliss-reactive ketones (excluding diaryl/α,β-unsaturated/α-hetero) is 2. The second-order valence-corrected chi connectivity index (χ2v) is 5.91. The first-order valence-electron chi connectivity index (χ1n) is 6.19. The summed E-state index contributed by atoms with van der Waals surface area (Å²) in [5.74, 6) is 0.841. The SMILES string of the molecule is O=C1CC23CCCCCC2(C1)CC(=O)C3. The molecule has 0 aromatic carbocycles. The second-order valence-electron chi connectivity index (χ2n) is 5.91. The van der Waals surface area contributed by atoms with Gasteiger partial charge in [0.25, 0.3) is 0 Å². The standard InChI is InChI=1S/C13H18O2/c14-10-6-12-4-2-1-3-5-13(12,8-10)9-11(15)7-12/h1-9H2. The molecule has 3 rings (SSSR count).